The first-order valence-electron chi connectivity index (χ1n) is 25.4. The third-order valence-corrected chi connectivity index (χ3v) is 16.3. The predicted molar refractivity (Wildman–Crippen MR) is 266 cm³/mol. The van der Waals surface area contributed by atoms with Crippen molar-refractivity contribution in [1.29, 1.82) is 0 Å². The van der Waals surface area contributed by atoms with E-state index in [9.17, 15) is 37.5 Å². The van der Waals surface area contributed by atoms with Gasteiger partial charge in [-0.2, -0.15) is 10.2 Å². The summed E-state index contributed by atoms with van der Waals surface area (Å²) in [6.45, 7) is 3.60. The van der Waals surface area contributed by atoms with Crippen molar-refractivity contribution < 1.29 is 47.0 Å². The normalized spacial score (nSPS) is 23.1. The zero-order valence-corrected chi connectivity index (χ0v) is 41.3. The van der Waals surface area contributed by atoms with E-state index in [4.69, 9.17) is 9.47 Å². The zero-order chi connectivity index (χ0) is 52.1. The summed E-state index contributed by atoms with van der Waals surface area (Å²) in [7, 11) is 0. The molecule has 20 nitrogen and oxygen atoms in total. The SMILES string of the molecule is CC12CCC(CNC(=O)c3cc(C(=O)NCc4ccc5c(c4)NC(=O)CO5)nc4c(F)cnn34)(CC1)CC2.O=C1COc2ccc(CNC(=O)c3cc(C(=O)NCC45CCC(CC4)CC5)n4ncc(F)c4n3)cc2N1. The van der Waals surface area contributed by atoms with Crippen LogP contribution in [0.3, 0.4) is 0 Å². The maximum Gasteiger partial charge on any atom is 0.270 e. The molecule has 0 atom stereocenters. The van der Waals surface area contributed by atoms with Gasteiger partial charge >= 0.3 is 0 Å². The number of anilines is 2. The van der Waals surface area contributed by atoms with Crippen molar-refractivity contribution in [3.8, 4) is 11.5 Å². The quantitative estimate of drug-likeness (QED) is 0.0820. The van der Waals surface area contributed by atoms with Crippen LogP contribution in [0, 0.1) is 33.8 Å². The highest BCUT2D eigenvalue weighted by atomic mass is 19.1. The molecule has 6 amide bonds. The molecule has 6 aliphatic carbocycles. The van der Waals surface area contributed by atoms with E-state index in [-0.39, 0.29) is 83.0 Å². The van der Waals surface area contributed by atoms with Crippen LogP contribution in [0.2, 0.25) is 0 Å². The lowest BCUT2D eigenvalue weighted by Crippen LogP contribution is -2.46. The number of aromatic nitrogens is 6. The molecule has 0 radical (unpaired) electrons. The number of hydrogen-bond donors (Lipinski definition) is 6. The Labute approximate surface area is 428 Å². The van der Waals surface area contributed by atoms with Gasteiger partial charge in [-0.3, -0.25) is 28.8 Å². The highest BCUT2D eigenvalue weighted by Crippen LogP contribution is 2.56. The Kier molecular flexibility index (Phi) is 12.9. The standard InChI is InChI=1S/C27H29FN6O4.C26H27FN6O4/c1-26-4-7-27(8-5-26,9-6-26)15-30-25(37)20-11-19(33-23-17(28)13-31-34(20)23)24(36)29-12-16-2-3-21-18(10-16)32-22(35)14-38-21;27-17-12-30-33-20(25(36)29-14-26-6-3-15(4-7-26)5-8-26)10-19(32-23(17)33)24(35)28-11-16-1-2-21-18(9-16)31-22(34)13-37-21/h2-3,10-11,13H,4-9,12,14-15H2,1H3,(H,29,36)(H,30,37)(H,32,35);1-2,9-10,12,15H,3-8,11,13-14H2,(H,28,35)(H,29,36)(H,31,34). The fraction of sp³-hybridized carbons (Fsp3) is 0.434. The summed E-state index contributed by atoms with van der Waals surface area (Å²) in [5.41, 5.74) is 2.63. The van der Waals surface area contributed by atoms with Crippen molar-refractivity contribution in [3.63, 3.8) is 0 Å². The van der Waals surface area contributed by atoms with E-state index in [2.05, 4.69) is 59.0 Å². The number of benzene rings is 2. The molecule has 6 saturated carbocycles. The van der Waals surface area contributed by atoms with Crippen molar-refractivity contribution in [2.24, 2.45) is 22.2 Å². The molecule has 8 aliphatic rings. The summed E-state index contributed by atoms with van der Waals surface area (Å²) < 4.78 is 41.8. The maximum atomic E-state index is 14.5. The van der Waals surface area contributed by atoms with E-state index in [0.29, 0.717) is 52.5 Å². The number of nitrogens with one attached hydrogen (secondary N) is 6. The van der Waals surface area contributed by atoms with Gasteiger partial charge in [-0.05, 0) is 135 Å². The topological polar surface area (TPSA) is 253 Å². The number of ether oxygens (including phenoxy) is 2. The van der Waals surface area contributed by atoms with Gasteiger partial charge in [-0.15, -0.1) is 0 Å². The number of fused-ring (bicyclic) bond motifs is 10. The molecular formula is C53H56F2N12O8. The minimum atomic E-state index is -0.725. The highest BCUT2D eigenvalue weighted by molar-refractivity contribution is 6.00. The smallest absolute Gasteiger partial charge is 0.270 e. The van der Waals surface area contributed by atoms with Crippen LogP contribution in [0.5, 0.6) is 11.5 Å². The number of nitrogens with zero attached hydrogens (tertiary/aromatic N) is 6. The van der Waals surface area contributed by atoms with Crippen molar-refractivity contribution in [2.75, 3.05) is 36.9 Å². The van der Waals surface area contributed by atoms with Crippen LogP contribution in [0.15, 0.2) is 60.9 Å². The van der Waals surface area contributed by atoms with Crippen LogP contribution in [-0.4, -0.2) is 90.9 Å². The van der Waals surface area contributed by atoms with Crippen molar-refractivity contribution in [2.45, 2.75) is 97.1 Å². The predicted octanol–water partition coefficient (Wildman–Crippen LogP) is 6.05. The maximum absolute atomic E-state index is 14.5. The molecule has 4 bridgehead atoms. The molecule has 6 fully saturated rings. The summed E-state index contributed by atoms with van der Waals surface area (Å²) in [6, 6.07) is 13.0. The van der Waals surface area contributed by atoms with Gasteiger partial charge in [0.05, 0.1) is 23.8 Å². The van der Waals surface area contributed by atoms with Gasteiger partial charge in [0.25, 0.3) is 35.4 Å². The molecule has 4 aromatic heterocycles. The highest BCUT2D eigenvalue weighted by Gasteiger charge is 2.46. The lowest BCUT2D eigenvalue weighted by atomic mass is 9.54. The van der Waals surface area contributed by atoms with E-state index in [0.717, 1.165) is 65.9 Å². The Balaban J connectivity index is 0.000000161. The second-order valence-corrected chi connectivity index (χ2v) is 21.4. The Hall–Kier alpha value is -8.04. The summed E-state index contributed by atoms with van der Waals surface area (Å²) in [5, 5.41) is 24.9. The van der Waals surface area contributed by atoms with E-state index in [1.165, 1.54) is 50.7 Å². The number of amides is 6. The van der Waals surface area contributed by atoms with Crippen molar-refractivity contribution >= 4 is 58.1 Å². The molecule has 14 rings (SSSR count). The summed E-state index contributed by atoms with van der Waals surface area (Å²) in [4.78, 5) is 83.8. The second-order valence-electron chi connectivity index (χ2n) is 21.4. The van der Waals surface area contributed by atoms with Gasteiger partial charge in [-0.25, -0.2) is 27.8 Å². The third kappa shape index (κ3) is 10.2. The molecule has 22 heteroatoms. The number of halogens is 2. The van der Waals surface area contributed by atoms with Crippen LogP contribution >= 0.6 is 0 Å². The number of rotatable bonds is 12. The van der Waals surface area contributed by atoms with Crippen molar-refractivity contribution in [3.05, 3.63) is 106 Å². The molecule has 0 saturated heterocycles. The van der Waals surface area contributed by atoms with E-state index in [1.54, 1.807) is 36.4 Å². The van der Waals surface area contributed by atoms with Gasteiger partial charge in [0.15, 0.2) is 36.1 Å². The Bertz CT molecular complexity index is 3270. The molecule has 6 aromatic rings. The largest absolute Gasteiger partial charge is 0.482 e. The molecule has 0 spiro atoms. The molecule has 0 unspecified atom stereocenters. The van der Waals surface area contributed by atoms with Gasteiger partial charge in [-0.1, -0.05) is 19.1 Å². The Morgan fingerprint density at radius 1 is 0.600 bits per heavy atom. The minimum absolute atomic E-state index is 0.0419. The Morgan fingerprint density at radius 2 is 1.03 bits per heavy atom. The van der Waals surface area contributed by atoms with Crippen LogP contribution in [-0.2, 0) is 22.7 Å². The molecule has 2 aromatic carbocycles. The summed E-state index contributed by atoms with van der Waals surface area (Å²) in [5.74, 6) is -2.02. The number of carbonyl (C=O) groups is 6. The summed E-state index contributed by atoms with van der Waals surface area (Å²) in [6.07, 6.45) is 15.6. The minimum Gasteiger partial charge on any atom is -0.482 e. The monoisotopic (exact) mass is 1030 g/mol. The van der Waals surface area contributed by atoms with Crippen LogP contribution in [0.4, 0.5) is 20.2 Å². The summed E-state index contributed by atoms with van der Waals surface area (Å²) >= 11 is 0. The van der Waals surface area contributed by atoms with Gasteiger partial charge in [0.2, 0.25) is 0 Å². The van der Waals surface area contributed by atoms with E-state index in [1.807, 2.05) is 0 Å². The third-order valence-electron chi connectivity index (χ3n) is 16.3. The van der Waals surface area contributed by atoms with Crippen LogP contribution in [0.25, 0.3) is 11.3 Å². The first-order valence-corrected chi connectivity index (χ1v) is 25.4. The lowest BCUT2D eigenvalue weighted by Gasteiger charge is -2.52. The van der Waals surface area contributed by atoms with Crippen LogP contribution < -0.4 is 41.4 Å². The van der Waals surface area contributed by atoms with Gasteiger partial charge in [0.1, 0.15) is 34.3 Å². The molecule has 6 N–H and O–H groups in total. The van der Waals surface area contributed by atoms with E-state index >= 15 is 0 Å². The van der Waals surface area contributed by atoms with Crippen molar-refractivity contribution in [1.82, 2.24) is 50.5 Å². The molecule has 390 valence electrons. The lowest BCUT2D eigenvalue weighted by molar-refractivity contribution is -0.119. The first kappa shape index (κ1) is 49.2. The number of hydrogen-bond acceptors (Lipinski definition) is 12. The molecule has 2 aliphatic heterocycles. The fourth-order valence-corrected chi connectivity index (χ4v) is 11.5. The zero-order valence-electron chi connectivity index (χ0n) is 41.3. The first-order chi connectivity index (χ1) is 36.1. The molecule has 6 heterocycles. The number of carbonyl (C=O) groups excluding carboxylic acids is 6. The molecular weight excluding hydrogens is 971 g/mol. The Morgan fingerprint density at radius 3 is 1.47 bits per heavy atom. The average molecular weight is 1030 g/mol. The van der Waals surface area contributed by atoms with Gasteiger partial charge in [0, 0.05) is 38.3 Å². The van der Waals surface area contributed by atoms with Gasteiger partial charge < -0.3 is 41.4 Å². The average Bonchev–Trinajstić information content (AvgIpc) is 4.01. The second kappa shape index (κ2) is 19.7. The fourth-order valence-electron chi connectivity index (χ4n) is 11.5. The van der Waals surface area contributed by atoms with Crippen LogP contribution in [0.1, 0.15) is 137 Å². The molecule has 75 heavy (non-hydrogen) atoms. The van der Waals surface area contributed by atoms with E-state index < -0.39 is 35.3 Å².